The summed E-state index contributed by atoms with van der Waals surface area (Å²) in [6.07, 6.45) is 8.30. The summed E-state index contributed by atoms with van der Waals surface area (Å²) in [5, 5.41) is 2.95. The third-order valence-corrected chi connectivity index (χ3v) is 4.28. The van der Waals surface area contributed by atoms with Gasteiger partial charge in [0.15, 0.2) is 0 Å². The van der Waals surface area contributed by atoms with Crippen LogP contribution in [0.4, 0.5) is 0 Å². The summed E-state index contributed by atoms with van der Waals surface area (Å²) in [7, 11) is 0. The number of nitrogens with two attached hydrogens (primary N) is 1. The van der Waals surface area contributed by atoms with Gasteiger partial charge in [0.05, 0.1) is 18.2 Å². The molecule has 1 atom stereocenters. The second-order valence-corrected chi connectivity index (χ2v) is 6.04. The van der Waals surface area contributed by atoms with Crippen molar-refractivity contribution in [2.75, 3.05) is 26.4 Å². The summed E-state index contributed by atoms with van der Waals surface area (Å²) in [5.74, 6) is 0.0105. The Morgan fingerprint density at radius 2 is 2.05 bits per heavy atom. The average molecular weight is 321 g/mol. The average Bonchev–Trinajstić information content (AvgIpc) is 2.96. The van der Waals surface area contributed by atoms with E-state index in [1.165, 1.54) is 6.42 Å². The molecule has 0 aromatic rings. The molecule has 0 spiro atoms. The van der Waals surface area contributed by atoms with Crippen LogP contribution in [-0.4, -0.2) is 43.9 Å². The molecule has 21 heavy (non-hydrogen) atoms. The summed E-state index contributed by atoms with van der Waals surface area (Å²) in [5.41, 5.74) is 5.54. The lowest BCUT2D eigenvalue weighted by Crippen LogP contribution is -2.55. The van der Waals surface area contributed by atoms with Crippen LogP contribution < -0.4 is 11.1 Å². The van der Waals surface area contributed by atoms with Gasteiger partial charge >= 0.3 is 0 Å². The highest BCUT2D eigenvalue weighted by atomic mass is 35.5. The topological polar surface area (TPSA) is 73.6 Å². The van der Waals surface area contributed by atoms with Crippen molar-refractivity contribution >= 4 is 18.3 Å². The molecule has 0 aromatic heterocycles. The molecule has 3 N–H and O–H groups in total. The molecule has 1 amide bonds. The normalized spacial score (nSPS) is 24.3. The minimum atomic E-state index is -0.628. The minimum absolute atomic E-state index is 0. The quantitative estimate of drug-likeness (QED) is 0.701. The Morgan fingerprint density at radius 3 is 2.71 bits per heavy atom. The van der Waals surface area contributed by atoms with E-state index in [2.05, 4.69) is 5.32 Å². The zero-order valence-electron chi connectivity index (χ0n) is 12.8. The van der Waals surface area contributed by atoms with Crippen molar-refractivity contribution in [2.24, 2.45) is 5.73 Å². The fourth-order valence-corrected chi connectivity index (χ4v) is 2.95. The highest BCUT2D eigenvalue weighted by molar-refractivity contribution is 5.86. The number of halogens is 1. The predicted molar refractivity (Wildman–Crippen MR) is 84.7 cm³/mol. The summed E-state index contributed by atoms with van der Waals surface area (Å²) in [4.78, 5) is 12.1. The Labute approximate surface area is 133 Å². The fourth-order valence-electron chi connectivity index (χ4n) is 2.95. The van der Waals surface area contributed by atoms with Gasteiger partial charge < -0.3 is 20.5 Å². The Kier molecular flexibility index (Phi) is 8.56. The number of hydrogen-bond acceptors (Lipinski definition) is 4. The molecule has 2 rings (SSSR count). The van der Waals surface area contributed by atoms with Crippen LogP contribution in [0.15, 0.2) is 0 Å². The number of carbonyl (C=O) groups is 1. The Morgan fingerprint density at radius 1 is 1.29 bits per heavy atom. The van der Waals surface area contributed by atoms with Gasteiger partial charge in [-0.15, -0.1) is 12.4 Å². The number of rotatable bonds is 7. The first kappa shape index (κ1) is 18.7. The molecule has 1 saturated carbocycles. The van der Waals surface area contributed by atoms with Gasteiger partial charge in [-0.3, -0.25) is 4.79 Å². The van der Waals surface area contributed by atoms with Crippen molar-refractivity contribution in [3.8, 4) is 0 Å². The Hall–Kier alpha value is -0.360. The predicted octanol–water partition coefficient (Wildman–Crippen LogP) is 1.77. The highest BCUT2D eigenvalue weighted by Gasteiger charge is 2.34. The van der Waals surface area contributed by atoms with Crippen LogP contribution in [0.5, 0.6) is 0 Å². The number of hydrogen-bond donors (Lipinski definition) is 2. The van der Waals surface area contributed by atoms with Crippen LogP contribution in [0.1, 0.15) is 51.4 Å². The largest absolute Gasteiger partial charge is 0.379 e. The number of amides is 1. The summed E-state index contributed by atoms with van der Waals surface area (Å²) in [6.45, 7) is 2.85. The van der Waals surface area contributed by atoms with Crippen molar-refractivity contribution < 1.29 is 14.3 Å². The molecule has 2 aliphatic rings. The fraction of sp³-hybridized carbons (Fsp3) is 0.933. The molecule has 1 unspecified atom stereocenters. The van der Waals surface area contributed by atoms with Gasteiger partial charge in [0.2, 0.25) is 5.91 Å². The van der Waals surface area contributed by atoms with Crippen molar-refractivity contribution in [2.45, 2.75) is 63.0 Å². The van der Waals surface area contributed by atoms with E-state index in [4.69, 9.17) is 15.2 Å². The van der Waals surface area contributed by atoms with E-state index in [1.54, 1.807) is 0 Å². The van der Waals surface area contributed by atoms with Gasteiger partial charge in [-0.05, 0) is 32.1 Å². The number of nitrogens with one attached hydrogen (secondary N) is 1. The molecule has 1 heterocycles. The van der Waals surface area contributed by atoms with Crippen molar-refractivity contribution in [1.29, 1.82) is 0 Å². The standard InChI is InChI=1S/C15H28N2O3.ClH/c16-15(7-2-1-3-8-15)14(18)17-9-5-10-19-12-13-6-4-11-20-13;/h13H,1-12,16H2,(H,17,18);1H. The van der Waals surface area contributed by atoms with Crippen LogP contribution >= 0.6 is 12.4 Å². The lowest BCUT2D eigenvalue weighted by atomic mass is 9.82. The number of ether oxygens (including phenoxy) is 2. The summed E-state index contributed by atoms with van der Waals surface area (Å²) >= 11 is 0. The van der Waals surface area contributed by atoms with Gasteiger partial charge in [-0.25, -0.2) is 0 Å². The molecule has 1 saturated heterocycles. The smallest absolute Gasteiger partial charge is 0.240 e. The van der Waals surface area contributed by atoms with E-state index >= 15 is 0 Å². The summed E-state index contributed by atoms with van der Waals surface area (Å²) < 4.78 is 11.0. The maximum Gasteiger partial charge on any atom is 0.240 e. The SMILES string of the molecule is Cl.NC1(C(=O)NCCCOCC2CCCO2)CCCCC1. The Balaban J connectivity index is 0.00000220. The van der Waals surface area contributed by atoms with Gasteiger partial charge in [-0.1, -0.05) is 19.3 Å². The maximum absolute atomic E-state index is 12.1. The zero-order valence-corrected chi connectivity index (χ0v) is 13.6. The molecule has 0 aromatic carbocycles. The van der Waals surface area contributed by atoms with E-state index < -0.39 is 5.54 Å². The first-order valence-corrected chi connectivity index (χ1v) is 7.97. The van der Waals surface area contributed by atoms with Crippen LogP contribution in [0.25, 0.3) is 0 Å². The second-order valence-electron chi connectivity index (χ2n) is 6.04. The molecule has 1 aliphatic carbocycles. The minimum Gasteiger partial charge on any atom is -0.379 e. The summed E-state index contributed by atoms with van der Waals surface area (Å²) in [6, 6.07) is 0. The molecular formula is C15H29ClN2O3. The van der Waals surface area contributed by atoms with Crippen LogP contribution in [0.2, 0.25) is 0 Å². The van der Waals surface area contributed by atoms with E-state index in [-0.39, 0.29) is 24.4 Å². The number of carbonyl (C=O) groups excluding carboxylic acids is 1. The molecule has 6 heteroatoms. The van der Waals surface area contributed by atoms with Crippen LogP contribution in [0, 0.1) is 0 Å². The van der Waals surface area contributed by atoms with E-state index in [9.17, 15) is 4.79 Å². The van der Waals surface area contributed by atoms with Crippen molar-refractivity contribution in [1.82, 2.24) is 5.32 Å². The molecule has 0 radical (unpaired) electrons. The third kappa shape index (κ3) is 6.10. The van der Waals surface area contributed by atoms with Crippen molar-refractivity contribution in [3.05, 3.63) is 0 Å². The van der Waals surface area contributed by atoms with Crippen molar-refractivity contribution in [3.63, 3.8) is 0 Å². The highest BCUT2D eigenvalue weighted by Crippen LogP contribution is 2.25. The molecule has 124 valence electrons. The molecule has 0 bridgehead atoms. The molecule has 1 aliphatic heterocycles. The van der Waals surface area contributed by atoms with Gasteiger partial charge in [0.25, 0.3) is 0 Å². The maximum atomic E-state index is 12.1. The Bertz CT molecular complexity index is 303. The zero-order chi connectivity index (χ0) is 14.3. The van der Waals surface area contributed by atoms with Gasteiger partial charge in [0.1, 0.15) is 0 Å². The van der Waals surface area contributed by atoms with E-state index in [1.807, 2.05) is 0 Å². The van der Waals surface area contributed by atoms with E-state index in [0.29, 0.717) is 19.8 Å². The first-order chi connectivity index (χ1) is 9.71. The second kappa shape index (κ2) is 9.62. The lowest BCUT2D eigenvalue weighted by molar-refractivity contribution is -0.127. The van der Waals surface area contributed by atoms with Gasteiger partial charge in [0, 0.05) is 19.8 Å². The first-order valence-electron chi connectivity index (χ1n) is 7.97. The third-order valence-electron chi connectivity index (χ3n) is 4.28. The van der Waals surface area contributed by atoms with Gasteiger partial charge in [-0.2, -0.15) is 0 Å². The molecule has 2 fully saturated rings. The van der Waals surface area contributed by atoms with Crippen LogP contribution in [-0.2, 0) is 14.3 Å². The van der Waals surface area contributed by atoms with E-state index in [0.717, 1.165) is 51.6 Å². The lowest BCUT2D eigenvalue weighted by Gasteiger charge is -2.31. The van der Waals surface area contributed by atoms with Crippen LogP contribution in [0.3, 0.4) is 0 Å². The molecule has 5 nitrogen and oxygen atoms in total. The molecular weight excluding hydrogens is 292 g/mol. The monoisotopic (exact) mass is 320 g/mol.